The second-order valence-corrected chi connectivity index (χ2v) is 5.31. The first-order valence-corrected chi connectivity index (χ1v) is 6.71. The highest BCUT2D eigenvalue weighted by atomic mass is 16.4. The van der Waals surface area contributed by atoms with Gasteiger partial charge in [0.05, 0.1) is 5.54 Å². The second-order valence-electron chi connectivity index (χ2n) is 5.31. The van der Waals surface area contributed by atoms with Crippen molar-refractivity contribution in [3.8, 4) is 0 Å². The van der Waals surface area contributed by atoms with Crippen LogP contribution in [0.2, 0.25) is 0 Å². The lowest BCUT2D eigenvalue weighted by Gasteiger charge is -2.33. The van der Waals surface area contributed by atoms with Gasteiger partial charge >= 0.3 is 5.97 Å². The average Bonchev–Trinajstić information content (AvgIpc) is 2.79. The van der Waals surface area contributed by atoms with Gasteiger partial charge in [-0.15, -0.1) is 0 Å². The summed E-state index contributed by atoms with van der Waals surface area (Å²) >= 11 is 0. The van der Waals surface area contributed by atoms with E-state index in [1.54, 1.807) is 13.8 Å². The zero-order valence-corrected chi connectivity index (χ0v) is 11.5. The van der Waals surface area contributed by atoms with E-state index in [1.807, 2.05) is 6.92 Å². The molecule has 0 aliphatic carbocycles. The predicted molar refractivity (Wildman–Crippen MR) is 69.4 cm³/mol. The first kappa shape index (κ1) is 15.0. The Morgan fingerprint density at radius 3 is 2.50 bits per heavy atom. The van der Waals surface area contributed by atoms with Gasteiger partial charge in [0.15, 0.2) is 0 Å². The van der Waals surface area contributed by atoms with Crippen LogP contribution in [0.25, 0.3) is 0 Å². The Labute approximate surface area is 108 Å². The van der Waals surface area contributed by atoms with E-state index >= 15 is 0 Å². The lowest BCUT2D eigenvalue weighted by atomic mass is 9.88. The molecule has 0 radical (unpaired) electrons. The molecule has 1 aliphatic heterocycles. The number of aliphatic carboxylic acids is 1. The van der Waals surface area contributed by atoms with Gasteiger partial charge in [-0.3, -0.25) is 4.79 Å². The standard InChI is InChI=1S/C13H24N2O3/c1-4-7-13(8-6-9-14-13)10(16)15-12(3,5-2)11(17)18/h14H,4-9H2,1-3H3,(H,15,16)(H,17,18). The maximum atomic E-state index is 12.4. The Kier molecular flexibility index (Phi) is 4.73. The normalized spacial score (nSPS) is 26.6. The Bertz CT molecular complexity index is 324. The van der Waals surface area contributed by atoms with E-state index in [2.05, 4.69) is 10.6 Å². The highest BCUT2D eigenvalue weighted by Gasteiger charge is 2.44. The number of nitrogens with one attached hydrogen (secondary N) is 2. The molecule has 0 aromatic rings. The van der Waals surface area contributed by atoms with Crippen LogP contribution >= 0.6 is 0 Å². The number of carboxylic acids is 1. The molecule has 1 aliphatic rings. The van der Waals surface area contributed by atoms with Crippen molar-refractivity contribution in [2.24, 2.45) is 0 Å². The predicted octanol–water partition coefficient (Wildman–Crippen LogP) is 1.28. The number of amides is 1. The van der Waals surface area contributed by atoms with Crippen LogP contribution in [0.3, 0.4) is 0 Å². The fraction of sp³-hybridized carbons (Fsp3) is 0.846. The molecule has 0 spiro atoms. The molecule has 18 heavy (non-hydrogen) atoms. The van der Waals surface area contributed by atoms with Gasteiger partial charge in [0.2, 0.25) is 5.91 Å². The highest BCUT2D eigenvalue weighted by molar-refractivity contribution is 5.92. The molecule has 1 rings (SSSR count). The van der Waals surface area contributed by atoms with Gasteiger partial charge in [-0.2, -0.15) is 0 Å². The van der Waals surface area contributed by atoms with Gasteiger partial charge < -0.3 is 15.7 Å². The first-order chi connectivity index (χ1) is 8.40. The van der Waals surface area contributed by atoms with Crippen molar-refractivity contribution in [2.45, 2.75) is 64.0 Å². The van der Waals surface area contributed by atoms with Crippen LogP contribution in [0.1, 0.15) is 52.9 Å². The van der Waals surface area contributed by atoms with Gasteiger partial charge in [0, 0.05) is 0 Å². The van der Waals surface area contributed by atoms with Gasteiger partial charge in [-0.25, -0.2) is 4.79 Å². The smallest absolute Gasteiger partial charge is 0.329 e. The molecule has 1 fully saturated rings. The SMILES string of the molecule is CCCC1(C(=O)NC(C)(CC)C(=O)O)CCCN1. The maximum Gasteiger partial charge on any atom is 0.329 e. The third-order valence-corrected chi connectivity index (χ3v) is 3.92. The number of hydrogen-bond donors (Lipinski definition) is 3. The van der Waals surface area contributed by atoms with Crippen LogP contribution in [0.4, 0.5) is 0 Å². The Balaban J connectivity index is 2.82. The maximum absolute atomic E-state index is 12.4. The van der Waals surface area contributed by atoms with E-state index in [-0.39, 0.29) is 5.91 Å². The van der Waals surface area contributed by atoms with E-state index in [1.165, 1.54) is 0 Å². The van der Waals surface area contributed by atoms with E-state index in [4.69, 9.17) is 0 Å². The molecule has 0 aromatic carbocycles. The van der Waals surface area contributed by atoms with Crippen molar-refractivity contribution < 1.29 is 14.7 Å². The summed E-state index contributed by atoms with van der Waals surface area (Å²) in [4.78, 5) is 23.6. The minimum Gasteiger partial charge on any atom is -0.480 e. The van der Waals surface area contributed by atoms with Crippen molar-refractivity contribution >= 4 is 11.9 Å². The summed E-state index contributed by atoms with van der Waals surface area (Å²) in [5, 5.41) is 15.2. The van der Waals surface area contributed by atoms with Crippen molar-refractivity contribution in [3.63, 3.8) is 0 Å². The van der Waals surface area contributed by atoms with E-state index in [0.29, 0.717) is 6.42 Å². The van der Waals surface area contributed by atoms with Crippen molar-refractivity contribution in [1.29, 1.82) is 0 Å². The van der Waals surface area contributed by atoms with E-state index in [0.717, 1.165) is 32.2 Å². The number of hydrogen-bond acceptors (Lipinski definition) is 3. The quantitative estimate of drug-likeness (QED) is 0.669. The summed E-state index contributed by atoms with van der Waals surface area (Å²) in [5.41, 5.74) is -1.75. The van der Waals surface area contributed by atoms with Crippen molar-refractivity contribution in [2.75, 3.05) is 6.54 Å². The van der Waals surface area contributed by atoms with Crippen LogP contribution in [0.15, 0.2) is 0 Å². The molecular formula is C13H24N2O3. The number of carbonyl (C=O) groups is 2. The Morgan fingerprint density at radius 2 is 2.11 bits per heavy atom. The van der Waals surface area contributed by atoms with Gasteiger partial charge in [-0.1, -0.05) is 20.3 Å². The lowest BCUT2D eigenvalue weighted by Crippen LogP contribution is -2.61. The molecule has 0 saturated carbocycles. The molecule has 2 unspecified atom stereocenters. The molecular weight excluding hydrogens is 232 g/mol. The summed E-state index contributed by atoms with van der Waals surface area (Å²) in [7, 11) is 0. The Hall–Kier alpha value is -1.10. The summed E-state index contributed by atoms with van der Waals surface area (Å²) in [6.07, 6.45) is 3.76. The summed E-state index contributed by atoms with van der Waals surface area (Å²) in [6, 6.07) is 0. The molecule has 5 nitrogen and oxygen atoms in total. The largest absolute Gasteiger partial charge is 0.480 e. The van der Waals surface area contributed by atoms with Gasteiger partial charge in [0.25, 0.3) is 0 Å². The second kappa shape index (κ2) is 5.69. The molecule has 1 saturated heterocycles. The minimum absolute atomic E-state index is 0.173. The molecule has 5 heteroatoms. The number of carboxylic acid groups (broad SMARTS) is 1. The molecule has 0 aromatic heterocycles. The number of carbonyl (C=O) groups excluding carboxylic acids is 1. The van der Waals surface area contributed by atoms with Crippen molar-refractivity contribution in [1.82, 2.24) is 10.6 Å². The van der Waals surface area contributed by atoms with Gasteiger partial charge in [0.1, 0.15) is 5.54 Å². The molecule has 1 heterocycles. The highest BCUT2D eigenvalue weighted by Crippen LogP contribution is 2.26. The monoisotopic (exact) mass is 256 g/mol. The fourth-order valence-corrected chi connectivity index (χ4v) is 2.42. The molecule has 1 amide bonds. The third-order valence-electron chi connectivity index (χ3n) is 3.92. The van der Waals surface area contributed by atoms with Gasteiger partial charge in [-0.05, 0) is 39.2 Å². The summed E-state index contributed by atoms with van der Waals surface area (Å²) < 4.78 is 0. The fourth-order valence-electron chi connectivity index (χ4n) is 2.42. The van der Waals surface area contributed by atoms with E-state index < -0.39 is 17.0 Å². The average molecular weight is 256 g/mol. The topological polar surface area (TPSA) is 78.4 Å². The molecule has 3 N–H and O–H groups in total. The Morgan fingerprint density at radius 1 is 1.44 bits per heavy atom. The first-order valence-electron chi connectivity index (χ1n) is 6.71. The van der Waals surface area contributed by atoms with Crippen LogP contribution < -0.4 is 10.6 Å². The molecule has 2 atom stereocenters. The lowest BCUT2D eigenvalue weighted by molar-refractivity contribution is -0.148. The summed E-state index contributed by atoms with van der Waals surface area (Å²) in [6.45, 7) is 6.18. The van der Waals surface area contributed by atoms with E-state index in [9.17, 15) is 14.7 Å². The zero-order valence-electron chi connectivity index (χ0n) is 11.5. The van der Waals surface area contributed by atoms with Crippen LogP contribution in [0.5, 0.6) is 0 Å². The summed E-state index contributed by atoms with van der Waals surface area (Å²) in [5.74, 6) is -1.16. The number of rotatable bonds is 6. The minimum atomic E-state index is -1.18. The van der Waals surface area contributed by atoms with Crippen molar-refractivity contribution in [3.05, 3.63) is 0 Å². The zero-order chi connectivity index (χ0) is 13.8. The third kappa shape index (κ3) is 2.83. The molecule has 104 valence electrons. The van der Waals surface area contributed by atoms with Crippen LogP contribution in [-0.4, -0.2) is 34.6 Å². The molecule has 0 bridgehead atoms. The van der Waals surface area contributed by atoms with Crippen LogP contribution in [-0.2, 0) is 9.59 Å². The van der Waals surface area contributed by atoms with Crippen LogP contribution in [0, 0.1) is 0 Å².